The van der Waals surface area contributed by atoms with E-state index in [2.05, 4.69) is 15.6 Å². The lowest BCUT2D eigenvalue weighted by Gasteiger charge is -2.32. The Hall–Kier alpha value is -0.380. The van der Waals surface area contributed by atoms with Crippen LogP contribution in [0.1, 0.15) is 25.7 Å². The number of nitrogens with one attached hydrogen (secondary N) is 2. The maximum absolute atomic E-state index is 12.6. The number of aliphatic imine (C=N–C) groups is 1. The summed E-state index contributed by atoms with van der Waals surface area (Å²) in [5.41, 5.74) is -5.39. The normalized spacial score (nSPS) is 24.9. The van der Waals surface area contributed by atoms with Gasteiger partial charge in [0, 0.05) is 51.9 Å². The molecule has 2 aliphatic heterocycles. The molecule has 0 aromatic rings. The Morgan fingerprint density at radius 2 is 1.97 bits per heavy atom. The lowest BCUT2D eigenvalue weighted by Crippen LogP contribution is -2.48. The minimum atomic E-state index is -5.25. The van der Waals surface area contributed by atoms with Gasteiger partial charge < -0.3 is 20.5 Å². The van der Waals surface area contributed by atoms with Crippen LogP contribution >= 0.6 is 24.0 Å². The van der Waals surface area contributed by atoms with E-state index in [1.54, 1.807) is 7.05 Å². The lowest BCUT2D eigenvalue weighted by atomic mass is 9.84. The summed E-state index contributed by atoms with van der Waals surface area (Å²) in [6.45, 7) is 2.11. The molecular formula is C16H30F3IN4O4S. The molecule has 1 atom stereocenters. The number of nitrogens with zero attached hydrogens (tertiary/aromatic N) is 2. The zero-order chi connectivity index (χ0) is 20.8. The molecule has 172 valence electrons. The zero-order valence-electron chi connectivity index (χ0n) is 16.4. The first kappa shape index (κ1) is 26.7. The van der Waals surface area contributed by atoms with Crippen molar-refractivity contribution in [3.63, 3.8) is 0 Å². The Labute approximate surface area is 186 Å². The molecule has 0 aliphatic carbocycles. The Morgan fingerprint density at radius 3 is 2.45 bits per heavy atom. The first-order valence-electron chi connectivity index (χ1n) is 9.33. The number of alkyl halides is 3. The van der Waals surface area contributed by atoms with E-state index < -0.39 is 15.5 Å². The molecule has 2 fully saturated rings. The van der Waals surface area contributed by atoms with Crippen LogP contribution in [-0.4, -0.2) is 82.3 Å². The quantitative estimate of drug-likeness (QED) is 0.246. The molecule has 2 saturated heterocycles. The van der Waals surface area contributed by atoms with Gasteiger partial charge in [-0.1, -0.05) is 0 Å². The van der Waals surface area contributed by atoms with Crippen molar-refractivity contribution in [3.05, 3.63) is 0 Å². The summed E-state index contributed by atoms with van der Waals surface area (Å²) in [7, 11) is -3.62. The third-order valence-electron chi connectivity index (χ3n) is 5.45. The number of ether oxygens (including phenoxy) is 1. The van der Waals surface area contributed by atoms with Gasteiger partial charge in [0.1, 0.15) is 0 Å². The smallest absolute Gasteiger partial charge is 0.396 e. The number of sulfonamides is 1. The van der Waals surface area contributed by atoms with Crippen LogP contribution < -0.4 is 10.6 Å². The Balaban J connectivity index is 0.00000420. The van der Waals surface area contributed by atoms with Crippen LogP contribution in [0.5, 0.6) is 0 Å². The molecular weight excluding hydrogens is 528 g/mol. The van der Waals surface area contributed by atoms with Crippen molar-refractivity contribution in [2.75, 3.05) is 53.0 Å². The number of aliphatic hydroxyl groups is 1. The van der Waals surface area contributed by atoms with Gasteiger partial charge in [-0.25, -0.2) is 8.42 Å². The number of rotatable bonds is 7. The molecule has 0 amide bonds. The highest BCUT2D eigenvalue weighted by Crippen LogP contribution is 2.31. The van der Waals surface area contributed by atoms with Crippen LogP contribution in [-0.2, 0) is 14.8 Å². The summed E-state index contributed by atoms with van der Waals surface area (Å²) >= 11 is 0. The molecule has 2 heterocycles. The van der Waals surface area contributed by atoms with Crippen LogP contribution in [0.25, 0.3) is 0 Å². The van der Waals surface area contributed by atoms with E-state index in [0.29, 0.717) is 55.8 Å². The molecule has 0 spiro atoms. The average Bonchev–Trinajstić information content (AvgIpc) is 3.10. The molecule has 0 aromatic heterocycles. The second kappa shape index (κ2) is 11.3. The number of guanidine groups is 1. The number of piperidine rings is 1. The molecule has 0 radical (unpaired) electrons. The first-order chi connectivity index (χ1) is 13.1. The van der Waals surface area contributed by atoms with Gasteiger partial charge in [0.05, 0.1) is 6.61 Å². The van der Waals surface area contributed by atoms with Crippen molar-refractivity contribution in [1.29, 1.82) is 0 Å². The van der Waals surface area contributed by atoms with Gasteiger partial charge in [-0.15, -0.1) is 24.0 Å². The maximum Gasteiger partial charge on any atom is 0.511 e. The highest BCUT2D eigenvalue weighted by molar-refractivity contribution is 14.0. The minimum Gasteiger partial charge on any atom is -0.396 e. The van der Waals surface area contributed by atoms with Crippen molar-refractivity contribution in [2.45, 2.75) is 31.2 Å². The highest BCUT2D eigenvalue weighted by atomic mass is 127. The zero-order valence-corrected chi connectivity index (χ0v) is 19.5. The summed E-state index contributed by atoms with van der Waals surface area (Å²) in [5.74, 6) is 0.619. The van der Waals surface area contributed by atoms with Crippen LogP contribution in [0, 0.1) is 11.3 Å². The molecule has 0 bridgehead atoms. The van der Waals surface area contributed by atoms with Crippen LogP contribution in [0.15, 0.2) is 4.99 Å². The van der Waals surface area contributed by atoms with Crippen LogP contribution in [0.4, 0.5) is 13.2 Å². The highest BCUT2D eigenvalue weighted by Gasteiger charge is 2.50. The third kappa shape index (κ3) is 7.08. The van der Waals surface area contributed by atoms with Crippen molar-refractivity contribution in [2.24, 2.45) is 16.3 Å². The monoisotopic (exact) mass is 558 g/mol. The first-order valence-corrected chi connectivity index (χ1v) is 10.8. The van der Waals surface area contributed by atoms with Crippen molar-refractivity contribution < 1.29 is 31.4 Å². The molecule has 0 aromatic carbocycles. The molecule has 8 nitrogen and oxygen atoms in total. The average molecular weight is 558 g/mol. The molecule has 3 N–H and O–H groups in total. The maximum atomic E-state index is 12.6. The Kier molecular flexibility index (Phi) is 10.4. The predicted molar refractivity (Wildman–Crippen MR) is 114 cm³/mol. The fraction of sp³-hybridized carbons (Fsp3) is 0.938. The van der Waals surface area contributed by atoms with Gasteiger partial charge in [0.15, 0.2) is 5.96 Å². The number of hydrogen-bond donors (Lipinski definition) is 3. The van der Waals surface area contributed by atoms with Gasteiger partial charge in [0.2, 0.25) is 0 Å². The van der Waals surface area contributed by atoms with E-state index in [4.69, 9.17) is 4.74 Å². The minimum absolute atomic E-state index is 0. The standard InChI is InChI=1S/C16H29F3N4O4S.HI/c1-20-14(22-11-15(4-8-24)5-9-27-12-15)21-10-13-2-6-23(7-3-13)28(25,26)16(17,18)19;/h13,24H,2-12H2,1H3,(H2,20,21,22);1H. The second-order valence-corrected chi connectivity index (χ2v) is 9.31. The molecule has 29 heavy (non-hydrogen) atoms. The number of hydrogen-bond acceptors (Lipinski definition) is 5. The van der Waals surface area contributed by atoms with Crippen LogP contribution in [0.2, 0.25) is 0 Å². The van der Waals surface area contributed by atoms with E-state index >= 15 is 0 Å². The summed E-state index contributed by atoms with van der Waals surface area (Å²) in [5, 5.41) is 15.6. The van der Waals surface area contributed by atoms with Gasteiger partial charge in [-0.05, 0) is 31.6 Å². The van der Waals surface area contributed by atoms with E-state index in [1.165, 1.54) is 0 Å². The topological polar surface area (TPSA) is 103 Å². The van der Waals surface area contributed by atoms with Gasteiger partial charge in [-0.3, -0.25) is 4.99 Å². The fourth-order valence-corrected chi connectivity index (χ4v) is 4.53. The molecule has 0 saturated carbocycles. The largest absolute Gasteiger partial charge is 0.511 e. The van der Waals surface area contributed by atoms with E-state index in [9.17, 15) is 26.7 Å². The summed E-state index contributed by atoms with van der Waals surface area (Å²) < 4.78 is 66.7. The summed E-state index contributed by atoms with van der Waals surface area (Å²) in [6.07, 6.45) is 2.18. The molecule has 2 aliphatic rings. The van der Waals surface area contributed by atoms with Crippen molar-refractivity contribution >= 4 is 40.0 Å². The summed E-state index contributed by atoms with van der Waals surface area (Å²) in [6, 6.07) is 0. The van der Waals surface area contributed by atoms with Crippen molar-refractivity contribution in [1.82, 2.24) is 14.9 Å². The summed E-state index contributed by atoms with van der Waals surface area (Å²) in [4.78, 5) is 4.15. The SMILES string of the molecule is CN=C(NCC1CCN(S(=O)(=O)C(F)(F)F)CC1)NCC1(CCO)CCOC1.I. The number of aliphatic hydroxyl groups excluding tert-OH is 1. The molecule has 1 unspecified atom stereocenters. The van der Waals surface area contributed by atoms with Crippen LogP contribution in [0.3, 0.4) is 0 Å². The lowest BCUT2D eigenvalue weighted by molar-refractivity contribution is -0.0496. The third-order valence-corrected chi connectivity index (χ3v) is 7.08. The Bertz CT molecular complexity index is 635. The van der Waals surface area contributed by atoms with E-state index in [-0.39, 0.29) is 55.0 Å². The van der Waals surface area contributed by atoms with Gasteiger partial charge >= 0.3 is 15.5 Å². The Morgan fingerprint density at radius 1 is 1.31 bits per heavy atom. The van der Waals surface area contributed by atoms with Gasteiger partial charge in [0.25, 0.3) is 0 Å². The molecule has 13 heteroatoms. The van der Waals surface area contributed by atoms with Gasteiger partial charge in [-0.2, -0.15) is 17.5 Å². The molecule has 2 rings (SSSR count). The van der Waals surface area contributed by atoms with E-state index in [1.807, 2.05) is 0 Å². The fourth-order valence-electron chi connectivity index (χ4n) is 3.54. The second-order valence-electron chi connectivity index (χ2n) is 7.38. The predicted octanol–water partition coefficient (Wildman–Crippen LogP) is 1.12. The van der Waals surface area contributed by atoms with Crippen molar-refractivity contribution in [3.8, 4) is 0 Å². The van der Waals surface area contributed by atoms with E-state index in [0.717, 1.165) is 6.42 Å². The number of halogens is 4.